The van der Waals surface area contributed by atoms with Gasteiger partial charge >= 0.3 is 0 Å². The fourth-order valence-electron chi connectivity index (χ4n) is 4.18. The van der Waals surface area contributed by atoms with Crippen LogP contribution < -0.4 is 0 Å². The number of fused-ring (bicyclic) bond motifs is 1. The second-order valence-electron chi connectivity index (χ2n) is 6.42. The van der Waals surface area contributed by atoms with Crippen molar-refractivity contribution < 1.29 is 5.11 Å². The first kappa shape index (κ1) is 11.3. The van der Waals surface area contributed by atoms with Crippen LogP contribution in [0.15, 0.2) is 24.3 Å². The van der Waals surface area contributed by atoms with Crippen molar-refractivity contribution in [2.75, 3.05) is 0 Å². The minimum Gasteiger partial charge on any atom is -0.385 e. The van der Waals surface area contributed by atoms with Gasteiger partial charge in [-0.25, -0.2) is 0 Å². The van der Waals surface area contributed by atoms with Gasteiger partial charge in [-0.2, -0.15) is 0 Å². The van der Waals surface area contributed by atoms with E-state index < -0.39 is 5.60 Å². The molecule has 17 heavy (non-hydrogen) atoms. The highest BCUT2D eigenvalue weighted by Gasteiger charge is 2.60. The third-order valence-electron chi connectivity index (χ3n) is 5.13. The summed E-state index contributed by atoms with van der Waals surface area (Å²) < 4.78 is 0. The third-order valence-corrected chi connectivity index (χ3v) is 5.13. The summed E-state index contributed by atoms with van der Waals surface area (Å²) in [6.45, 7) is 4.46. The molecule has 1 aromatic carbocycles. The van der Waals surface area contributed by atoms with E-state index in [9.17, 15) is 5.11 Å². The van der Waals surface area contributed by atoms with Gasteiger partial charge in [0.1, 0.15) is 0 Å². The molecule has 0 heterocycles. The Morgan fingerprint density at radius 3 is 2.53 bits per heavy atom. The molecular formula is C16H22O. The van der Waals surface area contributed by atoms with Gasteiger partial charge in [0, 0.05) is 0 Å². The van der Waals surface area contributed by atoms with Crippen LogP contribution >= 0.6 is 0 Å². The molecule has 0 amide bonds. The van der Waals surface area contributed by atoms with Crippen molar-refractivity contribution in [1.29, 1.82) is 0 Å². The van der Waals surface area contributed by atoms with E-state index >= 15 is 0 Å². The number of hydrogen-bond acceptors (Lipinski definition) is 1. The predicted molar refractivity (Wildman–Crippen MR) is 69.8 cm³/mol. The number of benzene rings is 1. The molecule has 3 atom stereocenters. The molecule has 0 bridgehead atoms. The summed E-state index contributed by atoms with van der Waals surface area (Å²) in [6, 6.07) is 8.46. The number of aryl methyl sites for hydroxylation is 1. The molecule has 2 aliphatic rings. The molecule has 0 unspecified atom stereocenters. The van der Waals surface area contributed by atoms with Gasteiger partial charge in [0.05, 0.1) is 5.60 Å². The van der Waals surface area contributed by atoms with E-state index in [0.29, 0.717) is 11.3 Å². The predicted octanol–water partition coefficient (Wildman–Crippen LogP) is 3.78. The first-order chi connectivity index (χ1) is 8.05. The lowest BCUT2D eigenvalue weighted by atomic mass is 9.45. The molecule has 92 valence electrons. The van der Waals surface area contributed by atoms with Crippen molar-refractivity contribution in [1.82, 2.24) is 0 Å². The standard InChI is InChI=1S/C16H22O/c1-12-6-8-13(9-7-12)16(17)11-15(2)10-4-3-5-14(15)16/h6-9,14,17H,3-5,10-11H2,1-2H3/t14-,15-,16-/m0/s1. The topological polar surface area (TPSA) is 20.2 Å². The van der Waals surface area contributed by atoms with Crippen LogP contribution in [0, 0.1) is 18.3 Å². The van der Waals surface area contributed by atoms with Crippen molar-refractivity contribution in [3.8, 4) is 0 Å². The Labute approximate surface area is 104 Å². The van der Waals surface area contributed by atoms with E-state index in [2.05, 4.69) is 38.1 Å². The summed E-state index contributed by atoms with van der Waals surface area (Å²) in [5, 5.41) is 10.9. The van der Waals surface area contributed by atoms with E-state index in [1.165, 1.54) is 31.2 Å². The van der Waals surface area contributed by atoms with E-state index in [4.69, 9.17) is 0 Å². The van der Waals surface area contributed by atoms with E-state index in [1.807, 2.05) is 0 Å². The van der Waals surface area contributed by atoms with Crippen LogP contribution in [0.2, 0.25) is 0 Å². The molecule has 0 aliphatic heterocycles. The summed E-state index contributed by atoms with van der Waals surface area (Å²) in [5.41, 5.74) is 2.26. The molecule has 1 nitrogen and oxygen atoms in total. The quantitative estimate of drug-likeness (QED) is 0.778. The summed E-state index contributed by atoms with van der Waals surface area (Å²) in [6.07, 6.45) is 6.08. The highest BCUT2D eigenvalue weighted by Crippen LogP contribution is 2.64. The second kappa shape index (κ2) is 3.58. The van der Waals surface area contributed by atoms with Gasteiger partial charge in [-0.3, -0.25) is 0 Å². The molecule has 0 radical (unpaired) electrons. The highest BCUT2D eigenvalue weighted by molar-refractivity contribution is 5.31. The SMILES string of the molecule is Cc1ccc([C@@]2(O)C[C@]3(C)CCCC[C@@H]32)cc1. The minimum atomic E-state index is -0.539. The van der Waals surface area contributed by atoms with Crippen molar-refractivity contribution in [3.63, 3.8) is 0 Å². The maximum absolute atomic E-state index is 10.9. The molecule has 0 saturated heterocycles. The lowest BCUT2D eigenvalue weighted by molar-refractivity contribution is -0.212. The van der Waals surface area contributed by atoms with Gasteiger partial charge in [0.15, 0.2) is 0 Å². The molecule has 1 heteroatoms. The number of hydrogen-bond donors (Lipinski definition) is 1. The summed E-state index contributed by atoms with van der Waals surface area (Å²) in [5.74, 6) is 0.478. The molecule has 0 aromatic heterocycles. The third kappa shape index (κ3) is 1.55. The Morgan fingerprint density at radius 2 is 1.88 bits per heavy atom. The van der Waals surface area contributed by atoms with Crippen LogP contribution in [-0.2, 0) is 5.60 Å². The molecule has 2 fully saturated rings. The molecule has 2 saturated carbocycles. The molecule has 1 N–H and O–H groups in total. The normalized spacial score (nSPS) is 40.5. The minimum absolute atomic E-state index is 0.401. The maximum atomic E-state index is 10.9. The first-order valence-electron chi connectivity index (χ1n) is 6.84. The van der Waals surface area contributed by atoms with Crippen molar-refractivity contribution in [2.45, 2.75) is 51.6 Å². The van der Waals surface area contributed by atoms with Gasteiger partial charge in [-0.1, -0.05) is 49.6 Å². The average Bonchev–Trinajstić information content (AvgIpc) is 2.28. The zero-order valence-electron chi connectivity index (χ0n) is 10.9. The monoisotopic (exact) mass is 230 g/mol. The molecular weight excluding hydrogens is 208 g/mol. The summed E-state index contributed by atoms with van der Waals surface area (Å²) in [7, 11) is 0. The average molecular weight is 230 g/mol. The Bertz CT molecular complexity index is 422. The Hall–Kier alpha value is -0.820. The van der Waals surface area contributed by atoms with Crippen molar-refractivity contribution in [3.05, 3.63) is 35.4 Å². The zero-order valence-corrected chi connectivity index (χ0v) is 10.9. The maximum Gasteiger partial charge on any atom is 0.0935 e. The Balaban J connectivity index is 1.91. The van der Waals surface area contributed by atoms with Gasteiger partial charge in [0.25, 0.3) is 0 Å². The molecule has 1 aromatic rings. The summed E-state index contributed by atoms with van der Waals surface area (Å²) >= 11 is 0. The lowest BCUT2D eigenvalue weighted by Crippen LogP contribution is -2.59. The van der Waals surface area contributed by atoms with Crippen LogP contribution in [0.4, 0.5) is 0 Å². The van der Waals surface area contributed by atoms with Gasteiger partial charge in [0.2, 0.25) is 0 Å². The number of aliphatic hydroxyl groups is 1. The first-order valence-corrected chi connectivity index (χ1v) is 6.84. The van der Waals surface area contributed by atoms with Crippen molar-refractivity contribution in [2.24, 2.45) is 11.3 Å². The van der Waals surface area contributed by atoms with Crippen LogP contribution in [-0.4, -0.2) is 5.11 Å². The second-order valence-corrected chi connectivity index (χ2v) is 6.42. The van der Waals surface area contributed by atoms with Crippen LogP contribution in [0.3, 0.4) is 0 Å². The highest BCUT2D eigenvalue weighted by atomic mass is 16.3. The largest absolute Gasteiger partial charge is 0.385 e. The molecule has 2 aliphatic carbocycles. The van der Waals surface area contributed by atoms with E-state index in [1.54, 1.807) is 0 Å². The smallest absolute Gasteiger partial charge is 0.0935 e. The van der Waals surface area contributed by atoms with Crippen LogP contribution in [0.5, 0.6) is 0 Å². The fourth-order valence-corrected chi connectivity index (χ4v) is 4.18. The van der Waals surface area contributed by atoms with Gasteiger partial charge < -0.3 is 5.11 Å². The molecule has 0 spiro atoms. The van der Waals surface area contributed by atoms with Gasteiger partial charge in [-0.05, 0) is 43.1 Å². The number of rotatable bonds is 1. The lowest BCUT2D eigenvalue weighted by Gasteiger charge is -2.62. The van der Waals surface area contributed by atoms with Crippen LogP contribution in [0.1, 0.15) is 50.2 Å². The Morgan fingerprint density at radius 1 is 1.18 bits per heavy atom. The van der Waals surface area contributed by atoms with E-state index in [-0.39, 0.29) is 0 Å². The van der Waals surface area contributed by atoms with Crippen molar-refractivity contribution >= 4 is 0 Å². The molecule has 3 rings (SSSR count). The van der Waals surface area contributed by atoms with Gasteiger partial charge in [-0.15, -0.1) is 0 Å². The fraction of sp³-hybridized carbons (Fsp3) is 0.625. The Kier molecular flexibility index (Phi) is 2.38. The van der Waals surface area contributed by atoms with Crippen LogP contribution in [0.25, 0.3) is 0 Å². The zero-order chi connectivity index (χ0) is 12.1. The van der Waals surface area contributed by atoms with E-state index in [0.717, 1.165) is 12.0 Å². The summed E-state index contributed by atoms with van der Waals surface area (Å²) in [4.78, 5) is 0.